The number of aromatic nitrogens is 3. The van der Waals surface area contributed by atoms with Crippen molar-refractivity contribution in [2.24, 2.45) is 7.05 Å². The number of carbonyl (C=O) groups excluding carboxylic acids is 1. The molecule has 0 bridgehead atoms. The highest BCUT2D eigenvalue weighted by molar-refractivity contribution is 6.39. The number of fused-ring (bicyclic) bond motifs is 1. The standard InChI is InChI=1S/C38H38Cl2N6O5/c1-45-19-23(17-41-18-25-15-16-51-25)26-11-13-31(43-36(26)45)29-7-3-5-27(34(29)39)28-6-4-8-30(35(28)40)32-12-9-22(37(44-32)50-2)20-46(38(48)49)21-24-10-14-33(47)42-24/h3-9,11-13,19,24-25,41H,10,14-18,20-21H2,1-2H3,(H,42,47)(H,48,49)/t24-,25-/m0/s1. The Kier molecular flexibility index (Phi) is 10.1. The van der Waals surface area contributed by atoms with Crippen molar-refractivity contribution in [1.29, 1.82) is 0 Å². The molecule has 0 saturated carbocycles. The molecule has 2 amide bonds. The number of aryl methyl sites for hydroxylation is 1. The van der Waals surface area contributed by atoms with Crippen molar-refractivity contribution >= 4 is 46.2 Å². The topological polar surface area (TPSA) is 131 Å². The van der Waals surface area contributed by atoms with Gasteiger partial charge in [0.2, 0.25) is 11.8 Å². The molecule has 11 nitrogen and oxygen atoms in total. The van der Waals surface area contributed by atoms with Crippen molar-refractivity contribution in [3.63, 3.8) is 0 Å². The largest absolute Gasteiger partial charge is 0.481 e. The molecule has 3 aromatic heterocycles. The molecule has 0 spiro atoms. The summed E-state index contributed by atoms with van der Waals surface area (Å²) in [5.74, 6) is 0.212. The number of hydrogen-bond acceptors (Lipinski definition) is 7. The van der Waals surface area contributed by atoms with Crippen LogP contribution in [-0.2, 0) is 29.7 Å². The summed E-state index contributed by atoms with van der Waals surface area (Å²) >= 11 is 14.2. The SMILES string of the molecule is COc1nc(-c2cccc(-c3cccc(-c4ccc5c(CNC[C@@H]6CCO6)cn(C)c5n4)c3Cl)c2Cl)ccc1CN(C[C@@H]1CCC(=O)N1)C(=O)O. The molecule has 264 valence electrons. The number of ether oxygens (including phenoxy) is 2. The Balaban J connectivity index is 1.14. The van der Waals surface area contributed by atoms with E-state index in [9.17, 15) is 14.7 Å². The number of rotatable bonds is 12. The molecule has 5 heterocycles. The van der Waals surface area contributed by atoms with Gasteiger partial charge in [0.05, 0.1) is 41.2 Å². The predicted molar refractivity (Wildman–Crippen MR) is 197 cm³/mol. The van der Waals surface area contributed by atoms with Gasteiger partial charge >= 0.3 is 6.09 Å². The van der Waals surface area contributed by atoms with Crippen molar-refractivity contribution < 1.29 is 24.2 Å². The fourth-order valence-electron chi connectivity index (χ4n) is 6.72. The van der Waals surface area contributed by atoms with E-state index in [-0.39, 0.29) is 30.9 Å². The number of carbonyl (C=O) groups is 2. The first-order valence-corrected chi connectivity index (χ1v) is 17.6. The number of amides is 2. The number of nitrogens with zero attached hydrogens (tertiary/aromatic N) is 4. The van der Waals surface area contributed by atoms with E-state index in [0.717, 1.165) is 59.5 Å². The average molecular weight is 730 g/mol. The zero-order valence-corrected chi connectivity index (χ0v) is 29.8. The summed E-state index contributed by atoms with van der Waals surface area (Å²) in [6, 6.07) is 18.9. The maximum atomic E-state index is 12.1. The molecule has 2 fully saturated rings. The van der Waals surface area contributed by atoms with Crippen LogP contribution in [0.3, 0.4) is 0 Å². The normalized spacial score (nSPS) is 17.0. The van der Waals surface area contributed by atoms with E-state index < -0.39 is 6.09 Å². The molecule has 7 rings (SSSR count). The zero-order chi connectivity index (χ0) is 35.6. The van der Waals surface area contributed by atoms with Gasteiger partial charge in [-0.15, -0.1) is 0 Å². The summed E-state index contributed by atoms with van der Waals surface area (Å²) in [6.07, 6.45) is 3.39. The lowest BCUT2D eigenvalue weighted by atomic mass is 9.98. The van der Waals surface area contributed by atoms with Gasteiger partial charge in [-0.1, -0.05) is 59.6 Å². The third kappa shape index (κ3) is 7.25. The summed E-state index contributed by atoms with van der Waals surface area (Å²) in [4.78, 5) is 34.7. The third-order valence-corrected chi connectivity index (χ3v) is 10.3. The Labute approximate surface area is 305 Å². The Morgan fingerprint density at radius 2 is 1.67 bits per heavy atom. The molecule has 2 aliphatic heterocycles. The molecule has 0 radical (unpaired) electrons. The summed E-state index contributed by atoms with van der Waals surface area (Å²) in [7, 11) is 3.49. The van der Waals surface area contributed by atoms with E-state index in [1.54, 1.807) is 12.1 Å². The van der Waals surface area contributed by atoms with Crippen LogP contribution in [0.25, 0.3) is 44.7 Å². The Bertz CT molecular complexity index is 2120. The lowest BCUT2D eigenvalue weighted by Crippen LogP contribution is -2.41. The highest BCUT2D eigenvalue weighted by Gasteiger charge is 2.26. The van der Waals surface area contributed by atoms with Crippen LogP contribution < -0.4 is 15.4 Å². The van der Waals surface area contributed by atoms with Crippen molar-refractivity contribution in [3.8, 4) is 39.5 Å². The molecule has 2 aromatic carbocycles. The number of pyridine rings is 2. The molecule has 3 N–H and O–H groups in total. The quantitative estimate of drug-likeness (QED) is 0.126. The second kappa shape index (κ2) is 14.9. The van der Waals surface area contributed by atoms with Crippen LogP contribution in [0.2, 0.25) is 10.0 Å². The minimum atomic E-state index is -1.09. The molecule has 51 heavy (non-hydrogen) atoms. The van der Waals surface area contributed by atoms with Crippen LogP contribution in [0.15, 0.2) is 66.9 Å². The van der Waals surface area contributed by atoms with Crippen LogP contribution in [0.4, 0.5) is 4.79 Å². The Morgan fingerprint density at radius 1 is 1.00 bits per heavy atom. The van der Waals surface area contributed by atoms with E-state index in [0.29, 0.717) is 45.8 Å². The summed E-state index contributed by atoms with van der Waals surface area (Å²) in [5, 5.41) is 18.3. The summed E-state index contributed by atoms with van der Waals surface area (Å²) in [6.45, 7) is 2.62. The first-order valence-electron chi connectivity index (χ1n) is 16.9. The molecule has 2 aliphatic rings. The Morgan fingerprint density at radius 3 is 2.27 bits per heavy atom. The third-order valence-electron chi connectivity index (χ3n) is 9.51. The van der Waals surface area contributed by atoms with Gasteiger partial charge < -0.3 is 34.7 Å². The van der Waals surface area contributed by atoms with E-state index in [1.165, 1.54) is 17.6 Å². The predicted octanol–water partition coefficient (Wildman–Crippen LogP) is 6.92. The van der Waals surface area contributed by atoms with Gasteiger partial charge in [0.1, 0.15) is 5.65 Å². The number of benzene rings is 2. The molecule has 13 heteroatoms. The zero-order valence-electron chi connectivity index (χ0n) is 28.3. The highest BCUT2D eigenvalue weighted by atomic mass is 35.5. The lowest BCUT2D eigenvalue weighted by Gasteiger charge is -2.26. The number of hydrogen-bond donors (Lipinski definition) is 3. The van der Waals surface area contributed by atoms with Crippen LogP contribution in [0.1, 0.15) is 30.4 Å². The first-order chi connectivity index (χ1) is 24.7. The first kappa shape index (κ1) is 34.8. The summed E-state index contributed by atoms with van der Waals surface area (Å²) < 4.78 is 13.2. The lowest BCUT2D eigenvalue weighted by molar-refractivity contribution is -0.119. The van der Waals surface area contributed by atoms with E-state index in [4.69, 9.17) is 42.6 Å². The molecular weight excluding hydrogens is 691 g/mol. The smallest absolute Gasteiger partial charge is 0.407 e. The molecule has 0 unspecified atom stereocenters. The van der Waals surface area contributed by atoms with Crippen molar-refractivity contribution in [2.75, 3.05) is 26.8 Å². The highest BCUT2D eigenvalue weighted by Crippen LogP contribution is 2.42. The number of halogens is 2. The van der Waals surface area contributed by atoms with Gasteiger partial charge in [-0.3, -0.25) is 4.79 Å². The second-order valence-electron chi connectivity index (χ2n) is 12.9. The molecule has 2 saturated heterocycles. The second-order valence-corrected chi connectivity index (χ2v) is 13.7. The van der Waals surface area contributed by atoms with E-state index in [1.807, 2.05) is 54.1 Å². The number of nitrogens with one attached hydrogen (secondary N) is 2. The van der Waals surface area contributed by atoms with Crippen LogP contribution in [0.5, 0.6) is 5.88 Å². The van der Waals surface area contributed by atoms with Crippen molar-refractivity contribution in [1.82, 2.24) is 30.1 Å². The fraction of sp³-hybridized carbons (Fsp3) is 0.316. The number of carboxylic acid groups (broad SMARTS) is 1. The number of methoxy groups -OCH3 is 1. The average Bonchev–Trinajstić information content (AvgIpc) is 3.66. The van der Waals surface area contributed by atoms with Gasteiger partial charge in [-0.2, -0.15) is 0 Å². The maximum Gasteiger partial charge on any atom is 0.407 e. The van der Waals surface area contributed by atoms with Crippen LogP contribution in [0, 0.1) is 0 Å². The van der Waals surface area contributed by atoms with Gasteiger partial charge in [0.15, 0.2) is 0 Å². The fourth-order valence-corrected chi connectivity index (χ4v) is 7.37. The van der Waals surface area contributed by atoms with E-state index >= 15 is 0 Å². The molecule has 0 aliphatic carbocycles. The van der Waals surface area contributed by atoms with Crippen LogP contribution >= 0.6 is 23.2 Å². The van der Waals surface area contributed by atoms with Gasteiger partial charge in [-0.05, 0) is 42.7 Å². The van der Waals surface area contributed by atoms with E-state index in [2.05, 4.69) is 22.9 Å². The molecule has 5 aromatic rings. The monoisotopic (exact) mass is 728 g/mol. The molecule has 2 atom stereocenters. The minimum absolute atomic E-state index is 0.0466. The van der Waals surface area contributed by atoms with Crippen LogP contribution in [-0.4, -0.2) is 75.5 Å². The van der Waals surface area contributed by atoms with Gasteiger partial charge in [0.25, 0.3) is 0 Å². The Hall–Kier alpha value is -4.68. The minimum Gasteiger partial charge on any atom is -0.481 e. The maximum absolute atomic E-state index is 12.1. The van der Waals surface area contributed by atoms with Crippen molar-refractivity contribution in [3.05, 3.63) is 88.0 Å². The van der Waals surface area contributed by atoms with Crippen molar-refractivity contribution in [2.45, 2.75) is 44.5 Å². The summed E-state index contributed by atoms with van der Waals surface area (Å²) in [5.41, 5.74) is 6.85. The van der Waals surface area contributed by atoms with Gasteiger partial charge in [0, 0.05) is 85.2 Å². The molecular formula is C38H38Cl2N6O5. The van der Waals surface area contributed by atoms with Gasteiger partial charge in [-0.25, -0.2) is 14.8 Å².